The van der Waals surface area contributed by atoms with Crippen molar-refractivity contribution in [1.29, 1.82) is 0 Å². The van der Waals surface area contributed by atoms with Gasteiger partial charge in [0.05, 0.1) is 11.9 Å². The smallest absolute Gasteiger partial charge is 0.156 e. The summed E-state index contributed by atoms with van der Waals surface area (Å²) in [4.78, 5) is 9.60. The van der Waals surface area contributed by atoms with Gasteiger partial charge >= 0.3 is 0 Å². The zero-order chi connectivity index (χ0) is 14.7. The lowest BCUT2D eigenvalue weighted by Crippen LogP contribution is -1.97. The van der Waals surface area contributed by atoms with E-state index in [4.69, 9.17) is 5.73 Å². The van der Waals surface area contributed by atoms with E-state index in [-0.39, 0.29) is 5.82 Å². The van der Waals surface area contributed by atoms with Crippen molar-refractivity contribution in [3.8, 4) is 11.3 Å². The van der Waals surface area contributed by atoms with Crippen LogP contribution in [0.2, 0.25) is 0 Å². The van der Waals surface area contributed by atoms with E-state index in [2.05, 4.69) is 9.97 Å². The molecule has 104 valence electrons. The molecule has 0 saturated carbocycles. The predicted molar refractivity (Wildman–Crippen MR) is 82.4 cm³/mol. The molecule has 1 heterocycles. The van der Waals surface area contributed by atoms with Crippen molar-refractivity contribution in [2.24, 2.45) is 0 Å². The highest BCUT2D eigenvalue weighted by Gasteiger charge is 2.08. The van der Waals surface area contributed by atoms with Gasteiger partial charge < -0.3 is 5.73 Å². The van der Waals surface area contributed by atoms with Crippen molar-refractivity contribution in [2.75, 3.05) is 5.73 Å². The Morgan fingerprint density at radius 3 is 2.38 bits per heavy atom. The van der Waals surface area contributed by atoms with Crippen LogP contribution in [-0.2, 0) is 0 Å². The van der Waals surface area contributed by atoms with Gasteiger partial charge in [-0.05, 0) is 24.3 Å². The van der Waals surface area contributed by atoms with Crippen molar-refractivity contribution < 1.29 is 4.39 Å². The lowest BCUT2D eigenvalue weighted by atomic mass is 10.2. The lowest BCUT2D eigenvalue weighted by Gasteiger charge is -2.07. The van der Waals surface area contributed by atoms with E-state index in [0.717, 1.165) is 16.2 Å². The molecule has 3 rings (SSSR count). The van der Waals surface area contributed by atoms with Crippen LogP contribution >= 0.6 is 11.8 Å². The van der Waals surface area contributed by atoms with E-state index >= 15 is 0 Å². The summed E-state index contributed by atoms with van der Waals surface area (Å²) in [5.41, 5.74) is 7.61. The quantitative estimate of drug-likeness (QED) is 0.793. The first kappa shape index (κ1) is 13.6. The van der Waals surface area contributed by atoms with Gasteiger partial charge in [-0.3, -0.25) is 0 Å². The fourth-order valence-corrected chi connectivity index (χ4v) is 2.62. The summed E-state index contributed by atoms with van der Waals surface area (Å²) >= 11 is 1.37. The van der Waals surface area contributed by atoms with Gasteiger partial charge in [-0.2, -0.15) is 0 Å². The number of aromatic nitrogens is 2. The van der Waals surface area contributed by atoms with Crippen molar-refractivity contribution in [1.82, 2.24) is 9.97 Å². The molecular weight excluding hydrogens is 285 g/mol. The molecule has 0 fully saturated rings. The van der Waals surface area contributed by atoms with E-state index < -0.39 is 0 Å². The number of nitrogens with zero attached hydrogens (tertiary/aromatic N) is 2. The molecule has 2 N–H and O–H groups in total. The highest BCUT2D eigenvalue weighted by molar-refractivity contribution is 7.99. The summed E-state index contributed by atoms with van der Waals surface area (Å²) in [5.74, 6) is 0.0976. The number of anilines is 1. The van der Waals surface area contributed by atoms with Crippen LogP contribution in [0.4, 0.5) is 10.2 Å². The molecule has 0 spiro atoms. The molecule has 0 saturated heterocycles. The van der Waals surface area contributed by atoms with E-state index in [9.17, 15) is 4.39 Å². The average Bonchev–Trinajstić information content (AvgIpc) is 2.52. The maximum atomic E-state index is 12.9. The Balaban J connectivity index is 1.93. The van der Waals surface area contributed by atoms with Crippen LogP contribution in [0.5, 0.6) is 0 Å². The number of rotatable bonds is 3. The number of nitrogens with two attached hydrogens (primary N) is 1. The molecule has 1 aromatic heterocycles. The number of halogens is 1. The highest BCUT2D eigenvalue weighted by atomic mass is 32.2. The summed E-state index contributed by atoms with van der Waals surface area (Å²) in [6.45, 7) is 0. The number of hydrogen-bond acceptors (Lipinski definition) is 4. The first-order valence-electron chi connectivity index (χ1n) is 6.34. The van der Waals surface area contributed by atoms with Crippen molar-refractivity contribution in [3.63, 3.8) is 0 Å². The summed E-state index contributed by atoms with van der Waals surface area (Å²) in [7, 11) is 0. The van der Waals surface area contributed by atoms with Gasteiger partial charge in [-0.25, -0.2) is 14.4 Å². The number of hydrogen-bond donors (Lipinski definition) is 1. The third kappa shape index (κ3) is 3.20. The van der Waals surface area contributed by atoms with Gasteiger partial charge in [-0.1, -0.05) is 42.1 Å². The molecule has 0 bridgehead atoms. The molecule has 2 aromatic carbocycles. The summed E-state index contributed by atoms with van der Waals surface area (Å²) < 4.78 is 12.9. The first-order chi connectivity index (χ1) is 10.2. The third-order valence-corrected chi connectivity index (χ3v) is 3.87. The Kier molecular flexibility index (Phi) is 3.83. The maximum Gasteiger partial charge on any atom is 0.156 e. The topological polar surface area (TPSA) is 51.8 Å². The van der Waals surface area contributed by atoms with Crippen LogP contribution in [0.3, 0.4) is 0 Å². The lowest BCUT2D eigenvalue weighted by molar-refractivity contribution is 0.626. The van der Waals surface area contributed by atoms with Gasteiger partial charge in [0, 0.05) is 10.5 Å². The summed E-state index contributed by atoms with van der Waals surface area (Å²) in [6.07, 6.45) is 1.65. The van der Waals surface area contributed by atoms with Gasteiger partial charge in [-0.15, -0.1) is 0 Å². The molecule has 0 aliphatic rings. The van der Waals surface area contributed by atoms with Gasteiger partial charge in [0.1, 0.15) is 10.8 Å². The summed E-state index contributed by atoms with van der Waals surface area (Å²) in [6, 6.07) is 16.0. The largest absolute Gasteiger partial charge is 0.381 e. The normalized spacial score (nSPS) is 10.5. The highest BCUT2D eigenvalue weighted by Crippen LogP contribution is 2.31. The number of benzene rings is 2. The fourth-order valence-electron chi connectivity index (χ4n) is 1.82. The zero-order valence-corrected chi connectivity index (χ0v) is 11.8. The molecule has 0 radical (unpaired) electrons. The number of nitrogen functional groups attached to an aromatic ring is 1. The van der Waals surface area contributed by atoms with Crippen LogP contribution in [0.15, 0.2) is 70.7 Å². The van der Waals surface area contributed by atoms with Crippen LogP contribution in [0, 0.1) is 5.82 Å². The molecule has 0 atom stereocenters. The molecule has 0 aliphatic heterocycles. The minimum Gasteiger partial charge on any atom is -0.381 e. The second-order valence-electron chi connectivity index (χ2n) is 4.37. The van der Waals surface area contributed by atoms with Crippen molar-refractivity contribution >= 4 is 17.6 Å². The minimum atomic E-state index is -0.267. The maximum absolute atomic E-state index is 12.9. The van der Waals surface area contributed by atoms with Gasteiger partial charge in [0.15, 0.2) is 5.82 Å². The third-order valence-electron chi connectivity index (χ3n) is 2.86. The van der Waals surface area contributed by atoms with E-state index in [1.807, 2.05) is 30.3 Å². The molecular formula is C16H12FN3S. The molecule has 3 aromatic rings. The molecule has 0 unspecified atom stereocenters. The predicted octanol–water partition coefficient (Wildman–Crippen LogP) is 4.02. The van der Waals surface area contributed by atoms with Crippen LogP contribution in [0.25, 0.3) is 11.3 Å². The van der Waals surface area contributed by atoms with Crippen molar-refractivity contribution in [3.05, 3.63) is 66.6 Å². The second-order valence-corrected chi connectivity index (χ2v) is 5.43. The SMILES string of the molecule is Nc1ncc(-c2ccccc2)nc1Sc1ccc(F)cc1. The second kappa shape index (κ2) is 5.93. The standard InChI is InChI=1S/C16H12FN3S/c17-12-6-8-13(9-7-12)21-16-15(18)19-10-14(20-16)11-4-2-1-3-5-11/h1-10H,(H2,18,19). The van der Waals surface area contributed by atoms with E-state index in [1.54, 1.807) is 18.3 Å². The Hall–Kier alpha value is -2.40. The molecule has 21 heavy (non-hydrogen) atoms. The van der Waals surface area contributed by atoms with E-state index in [0.29, 0.717) is 10.8 Å². The minimum absolute atomic E-state index is 0.267. The average molecular weight is 297 g/mol. The summed E-state index contributed by atoms with van der Waals surface area (Å²) in [5, 5.41) is 0.614. The monoisotopic (exact) mass is 297 g/mol. The van der Waals surface area contributed by atoms with E-state index in [1.165, 1.54) is 23.9 Å². The van der Waals surface area contributed by atoms with Crippen LogP contribution < -0.4 is 5.73 Å². The van der Waals surface area contributed by atoms with Gasteiger partial charge in [0.2, 0.25) is 0 Å². The Morgan fingerprint density at radius 2 is 1.67 bits per heavy atom. The Morgan fingerprint density at radius 1 is 0.952 bits per heavy atom. The molecule has 0 aliphatic carbocycles. The Labute approximate surface area is 126 Å². The zero-order valence-electron chi connectivity index (χ0n) is 11.0. The Bertz CT molecular complexity index is 745. The molecule has 0 amide bonds. The van der Waals surface area contributed by atoms with Crippen LogP contribution in [0.1, 0.15) is 0 Å². The van der Waals surface area contributed by atoms with Crippen molar-refractivity contribution in [2.45, 2.75) is 9.92 Å². The molecule has 3 nitrogen and oxygen atoms in total. The fraction of sp³-hybridized carbons (Fsp3) is 0. The van der Waals surface area contributed by atoms with Gasteiger partial charge in [0.25, 0.3) is 0 Å². The van der Waals surface area contributed by atoms with Crippen LogP contribution in [-0.4, -0.2) is 9.97 Å². The first-order valence-corrected chi connectivity index (χ1v) is 7.15. The molecule has 5 heteroatoms.